The molecular formula is C23H32O3. The number of rotatable bonds is 3. The van der Waals surface area contributed by atoms with E-state index in [-0.39, 0.29) is 5.41 Å². The van der Waals surface area contributed by atoms with Crippen molar-refractivity contribution in [2.24, 2.45) is 5.41 Å². The fourth-order valence-electron chi connectivity index (χ4n) is 4.01. The van der Waals surface area contributed by atoms with Crippen molar-refractivity contribution in [1.29, 1.82) is 0 Å². The number of hydrogen-bond donors (Lipinski definition) is 0. The highest BCUT2D eigenvalue weighted by Gasteiger charge is 2.38. The molecule has 0 N–H and O–H groups in total. The largest absolute Gasteiger partial charge is 0.492 e. The van der Waals surface area contributed by atoms with Crippen molar-refractivity contribution in [3.63, 3.8) is 0 Å². The lowest BCUT2D eigenvalue weighted by Crippen LogP contribution is -2.30. The van der Waals surface area contributed by atoms with Crippen molar-refractivity contribution in [2.75, 3.05) is 7.11 Å². The molecule has 3 rings (SSSR count). The molecule has 0 unspecified atom stereocenters. The number of fused-ring (bicyclic) bond motifs is 1. The first-order chi connectivity index (χ1) is 12.1. The van der Waals surface area contributed by atoms with Crippen LogP contribution >= 0.6 is 0 Å². The van der Waals surface area contributed by atoms with E-state index < -0.39 is 5.79 Å². The van der Waals surface area contributed by atoms with Gasteiger partial charge in [-0.3, -0.25) is 0 Å². The first-order valence-electron chi connectivity index (χ1n) is 9.58. The van der Waals surface area contributed by atoms with Crippen LogP contribution in [0.3, 0.4) is 0 Å². The summed E-state index contributed by atoms with van der Waals surface area (Å²) >= 11 is 0. The molecule has 2 aliphatic rings. The van der Waals surface area contributed by atoms with Crippen molar-refractivity contribution in [3.05, 3.63) is 34.4 Å². The Bertz CT molecular complexity index is 779. The molecule has 0 saturated carbocycles. The highest BCUT2D eigenvalue weighted by molar-refractivity contribution is 5.73. The van der Waals surface area contributed by atoms with Crippen LogP contribution in [0.4, 0.5) is 0 Å². The minimum Gasteiger partial charge on any atom is -0.492 e. The van der Waals surface area contributed by atoms with Gasteiger partial charge in [0.2, 0.25) is 11.5 Å². The molecule has 0 radical (unpaired) electrons. The molecule has 1 aromatic rings. The normalized spacial score (nSPS) is 21.9. The summed E-state index contributed by atoms with van der Waals surface area (Å²) < 4.78 is 18.0. The van der Waals surface area contributed by atoms with Crippen molar-refractivity contribution in [2.45, 2.75) is 73.0 Å². The second-order valence-electron chi connectivity index (χ2n) is 8.87. The summed E-state index contributed by atoms with van der Waals surface area (Å²) in [6.45, 7) is 15.1. The average Bonchev–Trinajstić information content (AvgIpc) is 2.84. The van der Waals surface area contributed by atoms with Gasteiger partial charge >= 0.3 is 0 Å². The van der Waals surface area contributed by atoms with E-state index in [1.165, 1.54) is 11.1 Å². The van der Waals surface area contributed by atoms with Crippen molar-refractivity contribution in [1.82, 2.24) is 0 Å². The van der Waals surface area contributed by atoms with Crippen LogP contribution in [0.25, 0.3) is 6.08 Å². The molecule has 0 amide bonds. The summed E-state index contributed by atoms with van der Waals surface area (Å²) in [4.78, 5) is 0. The molecule has 1 heterocycles. The SMILES string of the molecule is COc1c(/C=C2\C(C)=CCCC2(C)C)cc(C(C)C)c2c1OC(C)(C)O2. The van der Waals surface area contributed by atoms with Gasteiger partial charge in [0.25, 0.3) is 0 Å². The summed E-state index contributed by atoms with van der Waals surface area (Å²) in [6.07, 6.45) is 6.92. The monoisotopic (exact) mass is 356 g/mol. The molecule has 0 bridgehead atoms. The maximum Gasteiger partial charge on any atom is 0.246 e. The minimum atomic E-state index is -0.676. The van der Waals surface area contributed by atoms with Crippen molar-refractivity contribution in [3.8, 4) is 17.2 Å². The summed E-state index contributed by atoms with van der Waals surface area (Å²) in [5, 5.41) is 0. The first kappa shape index (κ1) is 18.9. The van der Waals surface area contributed by atoms with E-state index in [0.29, 0.717) is 5.92 Å². The second kappa shape index (κ2) is 6.37. The molecule has 1 aromatic carbocycles. The molecule has 0 atom stereocenters. The van der Waals surface area contributed by atoms with Crippen LogP contribution < -0.4 is 14.2 Å². The van der Waals surface area contributed by atoms with E-state index in [4.69, 9.17) is 14.2 Å². The molecule has 1 aliphatic heterocycles. The maximum atomic E-state index is 6.12. The quantitative estimate of drug-likeness (QED) is 0.620. The third-order valence-corrected chi connectivity index (χ3v) is 5.44. The lowest BCUT2D eigenvalue weighted by Gasteiger charge is -2.32. The highest BCUT2D eigenvalue weighted by atomic mass is 16.7. The van der Waals surface area contributed by atoms with Gasteiger partial charge < -0.3 is 14.2 Å². The zero-order chi connectivity index (χ0) is 19.3. The zero-order valence-electron chi connectivity index (χ0n) is 17.4. The van der Waals surface area contributed by atoms with E-state index in [0.717, 1.165) is 41.2 Å². The van der Waals surface area contributed by atoms with E-state index in [9.17, 15) is 0 Å². The van der Waals surface area contributed by atoms with Crippen molar-refractivity contribution >= 4 is 6.08 Å². The average molecular weight is 357 g/mol. The van der Waals surface area contributed by atoms with E-state index in [1.54, 1.807) is 7.11 Å². The Morgan fingerprint density at radius 3 is 2.35 bits per heavy atom. The lowest BCUT2D eigenvalue weighted by molar-refractivity contribution is -0.0443. The Morgan fingerprint density at radius 2 is 1.77 bits per heavy atom. The maximum absolute atomic E-state index is 6.12. The highest BCUT2D eigenvalue weighted by Crippen LogP contribution is 2.53. The standard InChI is InChI=1S/C23H32O3/c1-14(2)17-12-16(13-18-15(3)10-9-11-22(18,4)5)19(24-8)21-20(17)25-23(6,7)26-21/h10,12-14H,9,11H2,1-8H3/b18-13+. The van der Waals surface area contributed by atoms with Crippen LogP contribution in [0.5, 0.6) is 17.2 Å². The summed E-state index contributed by atoms with van der Waals surface area (Å²) in [6, 6.07) is 2.21. The molecular weight excluding hydrogens is 324 g/mol. The van der Waals surface area contributed by atoms with E-state index >= 15 is 0 Å². The molecule has 26 heavy (non-hydrogen) atoms. The molecule has 3 nitrogen and oxygen atoms in total. The number of methoxy groups -OCH3 is 1. The molecule has 3 heteroatoms. The molecule has 1 aliphatic carbocycles. The smallest absolute Gasteiger partial charge is 0.246 e. The Morgan fingerprint density at radius 1 is 1.12 bits per heavy atom. The first-order valence-corrected chi connectivity index (χ1v) is 9.58. The van der Waals surface area contributed by atoms with E-state index in [1.807, 2.05) is 13.8 Å². The van der Waals surface area contributed by atoms with Crippen LogP contribution in [-0.2, 0) is 0 Å². The van der Waals surface area contributed by atoms with Gasteiger partial charge in [-0.15, -0.1) is 0 Å². The predicted molar refractivity (Wildman–Crippen MR) is 107 cm³/mol. The fourth-order valence-corrected chi connectivity index (χ4v) is 4.01. The predicted octanol–water partition coefficient (Wildman–Crippen LogP) is 6.48. The van der Waals surface area contributed by atoms with Gasteiger partial charge in [-0.2, -0.15) is 0 Å². The molecule has 0 saturated heterocycles. The van der Waals surface area contributed by atoms with Crippen molar-refractivity contribution < 1.29 is 14.2 Å². The molecule has 0 aromatic heterocycles. The Balaban J connectivity index is 2.23. The van der Waals surface area contributed by atoms with Gasteiger partial charge in [0.1, 0.15) is 0 Å². The zero-order valence-corrected chi connectivity index (χ0v) is 17.4. The topological polar surface area (TPSA) is 27.7 Å². The Labute approximate surface area is 158 Å². The lowest BCUT2D eigenvalue weighted by atomic mass is 9.72. The van der Waals surface area contributed by atoms with Crippen LogP contribution in [-0.4, -0.2) is 12.9 Å². The number of allylic oxidation sites excluding steroid dienone is 3. The minimum absolute atomic E-state index is 0.150. The molecule has 142 valence electrons. The van der Waals surface area contributed by atoms with Crippen LogP contribution in [0.1, 0.15) is 78.4 Å². The summed E-state index contributed by atoms with van der Waals surface area (Å²) in [7, 11) is 1.70. The van der Waals surface area contributed by atoms with Gasteiger partial charge in [-0.25, -0.2) is 0 Å². The van der Waals surface area contributed by atoms with Gasteiger partial charge in [0, 0.05) is 25.0 Å². The Kier molecular flexibility index (Phi) is 4.62. The number of benzene rings is 1. The molecule has 0 fully saturated rings. The number of ether oxygens (including phenoxy) is 3. The molecule has 0 spiro atoms. The van der Waals surface area contributed by atoms with Gasteiger partial charge in [-0.05, 0) is 48.8 Å². The van der Waals surface area contributed by atoms with Gasteiger partial charge in [-0.1, -0.05) is 39.3 Å². The van der Waals surface area contributed by atoms with Gasteiger partial charge in [0.05, 0.1) is 7.11 Å². The third kappa shape index (κ3) is 3.24. The Hall–Kier alpha value is -1.90. The van der Waals surface area contributed by atoms with Gasteiger partial charge in [0.15, 0.2) is 11.5 Å². The van der Waals surface area contributed by atoms with E-state index in [2.05, 4.69) is 52.8 Å². The van der Waals surface area contributed by atoms with Crippen LogP contribution in [0.15, 0.2) is 23.3 Å². The van der Waals surface area contributed by atoms with Crippen LogP contribution in [0, 0.1) is 5.41 Å². The summed E-state index contributed by atoms with van der Waals surface area (Å²) in [5.74, 6) is 1.97. The fraction of sp³-hybridized carbons (Fsp3) is 0.565. The third-order valence-electron chi connectivity index (χ3n) is 5.44. The summed E-state index contributed by atoms with van der Waals surface area (Å²) in [5.41, 5.74) is 5.10. The van der Waals surface area contributed by atoms with Crippen LogP contribution in [0.2, 0.25) is 0 Å². The second-order valence-corrected chi connectivity index (χ2v) is 8.87. The number of hydrogen-bond acceptors (Lipinski definition) is 3.